The van der Waals surface area contributed by atoms with Gasteiger partial charge in [-0.05, 0) is 25.0 Å². The average Bonchev–Trinajstić information content (AvgIpc) is 3.10. The second-order valence-corrected chi connectivity index (χ2v) is 3.96. The Bertz CT molecular complexity index is 359. The van der Waals surface area contributed by atoms with Gasteiger partial charge in [-0.15, -0.1) is 0 Å². The van der Waals surface area contributed by atoms with Crippen LogP contribution in [0.4, 0.5) is 11.5 Å². The van der Waals surface area contributed by atoms with E-state index in [1.165, 1.54) is 0 Å². The molecule has 0 radical (unpaired) electrons. The summed E-state index contributed by atoms with van der Waals surface area (Å²) < 4.78 is 0. The lowest BCUT2D eigenvalue weighted by Gasteiger charge is -2.07. The molecule has 1 heterocycles. The van der Waals surface area contributed by atoms with E-state index in [-0.39, 0.29) is 11.8 Å². The second-order valence-electron chi connectivity index (χ2n) is 3.96. The van der Waals surface area contributed by atoms with Crippen LogP contribution in [0.25, 0.3) is 0 Å². The van der Waals surface area contributed by atoms with Crippen molar-refractivity contribution < 1.29 is 4.79 Å². The number of nitrogens with zero attached hydrogens (tertiary/aromatic N) is 1. The first-order valence-corrected chi connectivity index (χ1v) is 5.49. The van der Waals surface area contributed by atoms with Crippen LogP contribution in [-0.2, 0) is 4.79 Å². The molecule has 0 saturated heterocycles. The molecule has 0 aliphatic heterocycles. The monoisotopic (exact) mass is 220 g/mol. The molecule has 0 atom stereocenters. The Labute approximate surface area is 94.4 Å². The summed E-state index contributed by atoms with van der Waals surface area (Å²) in [7, 11) is 0. The first-order valence-electron chi connectivity index (χ1n) is 5.49. The van der Waals surface area contributed by atoms with Crippen LogP contribution in [-0.4, -0.2) is 24.0 Å². The fourth-order valence-corrected chi connectivity index (χ4v) is 1.39. The lowest BCUT2D eigenvalue weighted by molar-refractivity contribution is -0.122. The van der Waals surface area contributed by atoms with Crippen molar-refractivity contribution in [2.75, 3.05) is 24.1 Å². The van der Waals surface area contributed by atoms with Gasteiger partial charge >= 0.3 is 0 Å². The minimum atomic E-state index is 0.178. The van der Waals surface area contributed by atoms with Crippen LogP contribution in [0.2, 0.25) is 0 Å². The maximum absolute atomic E-state index is 11.3. The van der Waals surface area contributed by atoms with Crippen LogP contribution in [0.15, 0.2) is 18.3 Å². The number of hydrogen-bond donors (Lipinski definition) is 3. The zero-order valence-corrected chi connectivity index (χ0v) is 9.07. The number of rotatable bonds is 5. The van der Waals surface area contributed by atoms with E-state index in [4.69, 9.17) is 5.73 Å². The Morgan fingerprint density at radius 1 is 1.44 bits per heavy atom. The number of amides is 1. The number of nitrogens with two attached hydrogens (primary N) is 1. The van der Waals surface area contributed by atoms with Crippen molar-refractivity contribution >= 4 is 17.4 Å². The molecule has 5 nitrogen and oxygen atoms in total. The van der Waals surface area contributed by atoms with E-state index in [0.717, 1.165) is 18.5 Å². The summed E-state index contributed by atoms with van der Waals surface area (Å²) in [6.07, 6.45) is 3.76. The molecule has 1 aromatic rings. The summed E-state index contributed by atoms with van der Waals surface area (Å²) in [6, 6.07) is 3.61. The van der Waals surface area contributed by atoms with Gasteiger partial charge in [0.15, 0.2) is 0 Å². The number of pyridine rings is 1. The van der Waals surface area contributed by atoms with Crippen LogP contribution < -0.4 is 16.4 Å². The maximum Gasteiger partial charge on any atom is 0.223 e. The molecule has 0 bridgehead atoms. The Morgan fingerprint density at radius 2 is 2.25 bits per heavy atom. The molecule has 1 aromatic heterocycles. The highest BCUT2D eigenvalue weighted by molar-refractivity contribution is 5.80. The zero-order chi connectivity index (χ0) is 11.4. The number of hydrogen-bond acceptors (Lipinski definition) is 4. The van der Waals surface area contributed by atoms with Gasteiger partial charge in [-0.25, -0.2) is 4.98 Å². The van der Waals surface area contributed by atoms with Crippen molar-refractivity contribution in [3.8, 4) is 0 Å². The molecule has 4 N–H and O–H groups in total. The number of nitrogen functional groups attached to an aromatic ring is 1. The van der Waals surface area contributed by atoms with Crippen molar-refractivity contribution in [2.24, 2.45) is 5.92 Å². The lowest BCUT2D eigenvalue weighted by Crippen LogP contribution is -2.29. The van der Waals surface area contributed by atoms with E-state index >= 15 is 0 Å². The third-order valence-electron chi connectivity index (χ3n) is 2.49. The molecular formula is C11H16N4O. The third-order valence-corrected chi connectivity index (χ3v) is 2.49. The fraction of sp³-hybridized carbons (Fsp3) is 0.455. The number of nitrogens with one attached hydrogen (secondary N) is 2. The standard InChI is InChI=1S/C11H16N4O/c12-10-4-3-9(7-15-10)13-5-6-14-11(16)8-1-2-8/h3-4,7-8,13H,1-2,5-6H2,(H2,12,15)(H,14,16). The van der Waals surface area contributed by atoms with E-state index in [0.29, 0.717) is 18.9 Å². The molecule has 2 rings (SSSR count). The predicted molar refractivity (Wildman–Crippen MR) is 62.9 cm³/mol. The summed E-state index contributed by atoms with van der Waals surface area (Å²) >= 11 is 0. The topological polar surface area (TPSA) is 80.0 Å². The highest BCUT2D eigenvalue weighted by Crippen LogP contribution is 2.28. The van der Waals surface area contributed by atoms with Crippen LogP contribution in [0.5, 0.6) is 0 Å². The van der Waals surface area contributed by atoms with E-state index < -0.39 is 0 Å². The van der Waals surface area contributed by atoms with Gasteiger partial charge in [0.1, 0.15) is 5.82 Å². The molecule has 16 heavy (non-hydrogen) atoms. The van der Waals surface area contributed by atoms with Gasteiger partial charge in [0.05, 0.1) is 11.9 Å². The zero-order valence-electron chi connectivity index (χ0n) is 9.07. The molecule has 0 aromatic carbocycles. The van der Waals surface area contributed by atoms with E-state index in [9.17, 15) is 4.79 Å². The van der Waals surface area contributed by atoms with Crippen LogP contribution in [0.3, 0.4) is 0 Å². The number of carbonyl (C=O) groups is 1. The fourth-order valence-electron chi connectivity index (χ4n) is 1.39. The van der Waals surface area contributed by atoms with Crippen molar-refractivity contribution in [3.63, 3.8) is 0 Å². The number of carbonyl (C=O) groups excluding carboxylic acids is 1. The SMILES string of the molecule is Nc1ccc(NCCNC(=O)C2CC2)cn1. The van der Waals surface area contributed by atoms with Crippen molar-refractivity contribution in [1.29, 1.82) is 0 Å². The summed E-state index contributed by atoms with van der Waals surface area (Å²) in [5.41, 5.74) is 6.38. The molecule has 0 unspecified atom stereocenters. The Balaban J connectivity index is 1.63. The van der Waals surface area contributed by atoms with Crippen LogP contribution in [0.1, 0.15) is 12.8 Å². The minimum Gasteiger partial charge on any atom is -0.384 e. The molecular weight excluding hydrogens is 204 g/mol. The van der Waals surface area contributed by atoms with Crippen LogP contribution in [0, 0.1) is 5.92 Å². The molecule has 1 aliphatic carbocycles. The second kappa shape index (κ2) is 4.83. The van der Waals surface area contributed by atoms with Gasteiger partial charge in [-0.2, -0.15) is 0 Å². The normalized spacial score (nSPS) is 14.5. The Morgan fingerprint density at radius 3 is 2.88 bits per heavy atom. The highest BCUT2D eigenvalue weighted by atomic mass is 16.2. The molecule has 5 heteroatoms. The van der Waals surface area contributed by atoms with Crippen molar-refractivity contribution in [2.45, 2.75) is 12.8 Å². The number of anilines is 2. The van der Waals surface area contributed by atoms with Gasteiger partial charge in [-0.1, -0.05) is 0 Å². The molecule has 1 fully saturated rings. The minimum absolute atomic E-state index is 0.178. The van der Waals surface area contributed by atoms with Gasteiger partial charge in [0.25, 0.3) is 0 Å². The maximum atomic E-state index is 11.3. The first-order chi connectivity index (χ1) is 7.75. The Kier molecular flexibility index (Phi) is 3.24. The van der Waals surface area contributed by atoms with Crippen LogP contribution >= 0.6 is 0 Å². The summed E-state index contributed by atoms with van der Waals surface area (Å²) in [6.45, 7) is 1.34. The molecule has 0 spiro atoms. The smallest absolute Gasteiger partial charge is 0.223 e. The van der Waals surface area contributed by atoms with E-state index in [2.05, 4.69) is 15.6 Å². The highest BCUT2D eigenvalue weighted by Gasteiger charge is 2.28. The quantitative estimate of drug-likeness (QED) is 0.635. The van der Waals surface area contributed by atoms with Gasteiger partial charge in [0.2, 0.25) is 5.91 Å². The molecule has 86 valence electrons. The van der Waals surface area contributed by atoms with E-state index in [1.807, 2.05) is 6.07 Å². The van der Waals surface area contributed by atoms with Crippen molar-refractivity contribution in [3.05, 3.63) is 18.3 Å². The van der Waals surface area contributed by atoms with E-state index in [1.54, 1.807) is 12.3 Å². The molecule has 1 aliphatic rings. The first kappa shape index (κ1) is 10.7. The molecule has 1 amide bonds. The Hall–Kier alpha value is -1.78. The molecule has 1 saturated carbocycles. The summed E-state index contributed by atoms with van der Waals surface area (Å²) in [5.74, 6) is 0.961. The number of aromatic nitrogens is 1. The van der Waals surface area contributed by atoms with Crippen molar-refractivity contribution in [1.82, 2.24) is 10.3 Å². The predicted octanol–water partition coefficient (Wildman–Crippen LogP) is 0.602. The van der Waals surface area contributed by atoms with Gasteiger partial charge in [0, 0.05) is 19.0 Å². The van der Waals surface area contributed by atoms with Gasteiger partial charge in [-0.3, -0.25) is 4.79 Å². The van der Waals surface area contributed by atoms with Gasteiger partial charge < -0.3 is 16.4 Å². The average molecular weight is 220 g/mol. The summed E-state index contributed by atoms with van der Waals surface area (Å²) in [5, 5.41) is 6.03. The lowest BCUT2D eigenvalue weighted by atomic mass is 10.4. The largest absolute Gasteiger partial charge is 0.384 e. The third kappa shape index (κ3) is 3.12. The summed E-state index contributed by atoms with van der Waals surface area (Å²) in [4.78, 5) is 15.3.